The Labute approximate surface area is 173 Å². The Morgan fingerprint density at radius 3 is 2.30 bits per heavy atom. The van der Waals surface area contributed by atoms with Crippen molar-refractivity contribution in [2.24, 2.45) is 0 Å². The molecule has 0 N–H and O–H groups in total. The van der Waals surface area contributed by atoms with E-state index in [1.165, 1.54) is 36.5 Å². The van der Waals surface area contributed by atoms with Gasteiger partial charge in [0, 0.05) is 0 Å². The Balaban J connectivity index is 1.83. The molecule has 0 atom stereocenters. The summed E-state index contributed by atoms with van der Waals surface area (Å²) < 4.78 is 6.08. The monoisotopic (exact) mass is 495 g/mol. The third-order valence-corrected chi connectivity index (χ3v) is 17.3. The molecule has 1 aliphatic heterocycles. The van der Waals surface area contributed by atoms with E-state index in [-0.39, 0.29) is 0 Å². The molecule has 4 aromatic rings. The van der Waals surface area contributed by atoms with Gasteiger partial charge in [-0.1, -0.05) is 0 Å². The van der Waals surface area contributed by atoms with Gasteiger partial charge in [0.1, 0.15) is 0 Å². The molecule has 5 rings (SSSR count). The number of hydrogen-bond donors (Lipinski definition) is 0. The first kappa shape index (κ1) is 17.8. The summed E-state index contributed by atoms with van der Waals surface area (Å²) in [6.07, 6.45) is 0. The second-order valence-corrected chi connectivity index (χ2v) is 25.9. The molecule has 1 aliphatic rings. The number of fused-ring (bicyclic) bond motifs is 4. The third-order valence-electron chi connectivity index (χ3n) is 5.43. The molecule has 5 heteroatoms. The minimum absolute atomic E-state index is 0.359. The molecule has 2 aromatic carbocycles. The van der Waals surface area contributed by atoms with Crippen LogP contribution in [-0.2, 0) is 0 Å². The van der Waals surface area contributed by atoms with Crippen molar-refractivity contribution >= 4 is 87.1 Å². The van der Waals surface area contributed by atoms with Crippen LogP contribution in [0.1, 0.15) is 0 Å². The van der Waals surface area contributed by atoms with Crippen molar-refractivity contribution in [1.82, 2.24) is 0 Å². The number of thiophene rings is 2. The number of benzene rings is 2. The summed E-state index contributed by atoms with van der Waals surface area (Å²) in [6, 6.07) is 22.5. The standard InChI is InChI=1S/C19H13BNS2.3CH3.Sn/c1-21-15-11-12-22-18(15)20(13-7-3-2-4-8-13)19-17(21)14-9-5-6-10-16(14)23-19;;;;/h2-11H,1H3;3*1H3;. The van der Waals surface area contributed by atoms with Crippen LogP contribution >= 0.6 is 22.7 Å². The molecule has 0 saturated heterocycles. The maximum atomic E-state index is 2.52. The summed E-state index contributed by atoms with van der Waals surface area (Å²) in [6.45, 7) is 0.359. The first-order valence-corrected chi connectivity index (χ1v) is 21.0. The summed E-state index contributed by atoms with van der Waals surface area (Å²) in [5.74, 6) is 0. The van der Waals surface area contributed by atoms with Crippen LogP contribution < -0.4 is 22.8 Å². The molecule has 27 heavy (non-hydrogen) atoms. The molecular weight excluding hydrogens is 472 g/mol. The molecule has 0 radical (unpaired) electrons. The number of nitrogens with zero attached hydrogens (tertiary/aromatic N) is 1. The maximum absolute atomic E-state index is 2.52. The third kappa shape index (κ3) is 2.79. The second-order valence-electron chi connectivity index (χ2n) is 8.32. The van der Waals surface area contributed by atoms with Crippen molar-refractivity contribution in [3.63, 3.8) is 0 Å². The van der Waals surface area contributed by atoms with E-state index in [4.69, 9.17) is 0 Å². The van der Waals surface area contributed by atoms with Gasteiger partial charge in [-0.15, -0.1) is 0 Å². The van der Waals surface area contributed by atoms with Crippen LogP contribution in [0.25, 0.3) is 10.1 Å². The zero-order valence-electron chi connectivity index (χ0n) is 16.1. The molecule has 0 spiro atoms. The van der Waals surface area contributed by atoms with Gasteiger partial charge in [0.2, 0.25) is 0 Å². The van der Waals surface area contributed by atoms with Crippen molar-refractivity contribution in [3.8, 4) is 0 Å². The van der Waals surface area contributed by atoms with Gasteiger partial charge in [-0.25, -0.2) is 0 Å². The van der Waals surface area contributed by atoms with E-state index in [0.717, 1.165) is 0 Å². The van der Waals surface area contributed by atoms with Gasteiger partial charge in [-0.3, -0.25) is 0 Å². The molecular formula is C22H22BNS2Sn. The normalized spacial score (nSPS) is 13.8. The molecule has 0 fully saturated rings. The number of hydrogen-bond acceptors (Lipinski definition) is 3. The number of anilines is 2. The average Bonchev–Trinajstić information content (AvgIpc) is 3.25. The Morgan fingerprint density at radius 2 is 1.56 bits per heavy atom. The van der Waals surface area contributed by atoms with Crippen LogP contribution in [0.4, 0.5) is 11.4 Å². The van der Waals surface area contributed by atoms with Crippen molar-refractivity contribution < 1.29 is 0 Å². The fourth-order valence-electron chi connectivity index (χ4n) is 4.01. The summed E-state index contributed by atoms with van der Waals surface area (Å²) >= 11 is 1.92. The first-order valence-electron chi connectivity index (χ1n) is 9.39. The minimum atomic E-state index is -2.13. The molecule has 0 saturated carbocycles. The van der Waals surface area contributed by atoms with Gasteiger partial charge in [0.25, 0.3) is 0 Å². The quantitative estimate of drug-likeness (QED) is 0.380. The number of rotatable bonds is 2. The van der Waals surface area contributed by atoms with E-state index in [0.29, 0.717) is 6.71 Å². The van der Waals surface area contributed by atoms with E-state index in [1.54, 1.807) is 2.89 Å². The Morgan fingerprint density at radius 1 is 0.852 bits per heavy atom. The van der Waals surface area contributed by atoms with Crippen molar-refractivity contribution in [1.29, 1.82) is 0 Å². The summed E-state index contributed by atoms with van der Waals surface area (Å²) in [7, 11) is 2.26. The van der Waals surface area contributed by atoms with E-state index in [1.807, 2.05) is 11.3 Å². The SMILES string of the molecule is CN1c2c[c]([Sn]([CH3])([CH3])[CH3])sc2B(c2ccccc2)c2sc3ccccc3c21. The van der Waals surface area contributed by atoms with Crippen molar-refractivity contribution in [2.45, 2.75) is 14.8 Å². The van der Waals surface area contributed by atoms with Crippen LogP contribution in [0, 0.1) is 0 Å². The van der Waals surface area contributed by atoms with Gasteiger partial charge in [0.15, 0.2) is 0 Å². The van der Waals surface area contributed by atoms with Crippen LogP contribution in [0.2, 0.25) is 14.8 Å². The van der Waals surface area contributed by atoms with Crippen LogP contribution in [0.15, 0.2) is 60.7 Å². The van der Waals surface area contributed by atoms with Gasteiger partial charge < -0.3 is 0 Å². The molecule has 0 amide bonds. The van der Waals surface area contributed by atoms with E-state index in [2.05, 4.69) is 98.8 Å². The average molecular weight is 494 g/mol. The zero-order valence-corrected chi connectivity index (χ0v) is 20.6. The van der Waals surface area contributed by atoms with Crippen LogP contribution in [0.5, 0.6) is 0 Å². The van der Waals surface area contributed by atoms with Gasteiger partial charge in [-0.2, -0.15) is 0 Å². The van der Waals surface area contributed by atoms with E-state index in [9.17, 15) is 0 Å². The molecule has 0 unspecified atom stereocenters. The fraction of sp³-hybridized carbons (Fsp3) is 0.182. The van der Waals surface area contributed by atoms with Crippen LogP contribution in [-0.4, -0.2) is 32.1 Å². The first-order chi connectivity index (χ1) is 12.9. The summed E-state index contributed by atoms with van der Waals surface area (Å²) in [4.78, 5) is 10.0. The zero-order chi connectivity index (χ0) is 18.8. The summed E-state index contributed by atoms with van der Waals surface area (Å²) in [5, 5.41) is 1.39. The Hall–Kier alpha value is -1.24. The molecule has 3 heterocycles. The Kier molecular flexibility index (Phi) is 4.22. The Bertz CT molecular complexity index is 1140. The molecule has 0 aliphatic carbocycles. The van der Waals surface area contributed by atoms with E-state index < -0.39 is 18.4 Å². The van der Waals surface area contributed by atoms with Gasteiger partial charge in [-0.05, 0) is 0 Å². The predicted molar refractivity (Wildman–Crippen MR) is 128 cm³/mol. The van der Waals surface area contributed by atoms with Crippen molar-refractivity contribution in [2.75, 3.05) is 11.9 Å². The van der Waals surface area contributed by atoms with Gasteiger partial charge in [0.05, 0.1) is 0 Å². The predicted octanol–water partition coefficient (Wildman–Crippen LogP) is 4.11. The summed E-state index contributed by atoms with van der Waals surface area (Å²) in [5.41, 5.74) is 4.24. The van der Waals surface area contributed by atoms with Gasteiger partial charge >= 0.3 is 175 Å². The molecule has 2 aromatic heterocycles. The molecule has 1 nitrogen and oxygen atoms in total. The van der Waals surface area contributed by atoms with Crippen molar-refractivity contribution in [3.05, 3.63) is 60.7 Å². The second kappa shape index (κ2) is 6.39. The molecule has 134 valence electrons. The topological polar surface area (TPSA) is 3.24 Å². The molecule has 0 bridgehead atoms. The van der Waals surface area contributed by atoms with E-state index >= 15 is 0 Å². The van der Waals surface area contributed by atoms with Crippen LogP contribution in [0.3, 0.4) is 0 Å². The fourth-order valence-corrected chi connectivity index (χ4v) is 12.0.